The predicted octanol–water partition coefficient (Wildman–Crippen LogP) is 3.00. The maximum Gasteiger partial charge on any atom is 0.256 e. The van der Waals surface area contributed by atoms with Gasteiger partial charge in [-0.1, -0.05) is 12.1 Å². The van der Waals surface area contributed by atoms with Gasteiger partial charge in [-0.2, -0.15) is 0 Å². The van der Waals surface area contributed by atoms with Crippen molar-refractivity contribution in [2.24, 2.45) is 0 Å². The first-order valence-corrected chi connectivity index (χ1v) is 9.47. The first-order valence-electron chi connectivity index (χ1n) is 8.59. The number of hydrogen-bond donors (Lipinski definition) is 1. The molecule has 0 aliphatic carbocycles. The zero-order valence-corrected chi connectivity index (χ0v) is 14.7. The molecule has 1 N–H and O–H groups in total. The molecule has 1 atom stereocenters. The van der Waals surface area contributed by atoms with E-state index in [2.05, 4.69) is 5.32 Å². The Labute approximate surface area is 150 Å². The Morgan fingerprint density at radius 1 is 1.32 bits per heavy atom. The smallest absolute Gasteiger partial charge is 0.256 e. The van der Waals surface area contributed by atoms with Crippen molar-refractivity contribution in [2.75, 3.05) is 23.4 Å². The summed E-state index contributed by atoms with van der Waals surface area (Å²) in [4.78, 5) is 27.7. The van der Waals surface area contributed by atoms with Gasteiger partial charge in [-0.15, -0.1) is 11.3 Å². The Bertz CT molecular complexity index is 782. The van der Waals surface area contributed by atoms with Crippen LogP contribution in [0.4, 0.5) is 11.4 Å². The van der Waals surface area contributed by atoms with Crippen molar-refractivity contribution in [1.29, 1.82) is 0 Å². The third-order valence-corrected chi connectivity index (χ3v) is 5.53. The molecule has 1 aromatic heterocycles. The van der Waals surface area contributed by atoms with Crippen molar-refractivity contribution in [2.45, 2.75) is 31.8 Å². The minimum atomic E-state index is -0.317. The molecule has 2 aliphatic rings. The van der Waals surface area contributed by atoms with Crippen LogP contribution in [0.25, 0.3) is 0 Å². The second kappa shape index (κ2) is 6.98. The molecule has 0 radical (unpaired) electrons. The summed E-state index contributed by atoms with van der Waals surface area (Å²) in [5, 5.41) is 4.90. The van der Waals surface area contributed by atoms with E-state index in [0.29, 0.717) is 19.6 Å². The Kier molecular flexibility index (Phi) is 4.55. The number of amides is 2. The van der Waals surface area contributed by atoms with Crippen LogP contribution in [0.2, 0.25) is 0 Å². The van der Waals surface area contributed by atoms with Gasteiger partial charge in [0, 0.05) is 29.4 Å². The van der Waals surface area contributed by atoms with E-state index in [1.165, 1.54) is 0 Å². The summed E-state index contributed by atoms with van der Waals surface area (Å²) in [5.74, 6) is -0.00397. The number of carbonyl (C=O) groups is 2. The molecule has 1 aromatic carbocycles. The number of rotatable bonds is 4. The second-order valence-corrected chi connectivity index (χ2v) is 7.42. The molecule has 25 heavy (non-hydrogen) atoms. The molecule has 6 heteroatoms. The maximum atomic E-state index is 12.7. The van der Waals surface area contributed by atoms with E-state index >= 15 is 0 Å². The lowest BCUT2D eigenvalue weighted by Gasteiger charge is -2.21. The quantitative estimate of drug-likeness (QED) is 0.916. The zero-order chi connectivity index (χ0) is 17.2. The summed E-state index contributed by atoms with van der Waals surface area (Å²) in [5.41, 5.74) is 2.77. The van der Waals surface area contributed by atoms with Crippen LogP contribution in [0.15, 0.2) is 35.7 Å². The van der Waals surface area contributed by atoms with Gasteiger partial charge >= 0.3 is 0 Å². The minimum absolute atomic E-state index is 0.0401. The molecule has 2 amide bonds. The number of hydrogen-bond acceptors (Lipinski definition) is 4. The van der Waals surface area contributed by atoms with E-state index in [9.17, 15) is 9.59 Å². The fraction of sp³-hybridized carbons (Fsp3) is 0.368. The number of fused-ring (bicyclic) bond motifs is 1. The summed E-state index contributed by atoms with van der Waals surface area (Å²) in [6, 6.07) is 9.71. The Morgan fingerprint density at radius 2 is 2.24 bits per heavy atom. The van der Waals surface area contributed by atoms with Gasteiger partial charge in [-0.25, -0.2) is 0 Å². The van der Waals surface area contributed by atoms with Gasteiger partial charge < -0.3 is 15.0 Å². The van der Waals surface area contributed by atoms with Gasteiger partial charge in [-0.3, -0.25) is 9.59 Å². The first-order chi connectivity index (χ1) is 12.2. The molecule has 0 bridgehead atoms. The van der Waals surface area contributed by atoms with Crippen LogP contribution < -0.4 is 10.2 Å². The lowest BCUT2D eigenvalue weighted by Crippen LogP contribution is -2.37. The molecule has 3 heterocycles. The van der Waals surface area contributed by atoms with Crippen molar-refractivity contribution >= 4 is 34.5 Å². The van der Waals surface area contributed by atoms with Crippen LogP contribution in [0.1, 0.15) is 23.3 Å². The minimum Gasteiger partial charge on any atom is -0.368 e. The van der Waals surface area contributed by atoms with Gasteiger partial charge in [0.25, 0.3) is 5.91 Å². The molecular formula is C19H20N2O3S. The van der Waals surface area contributed by atoms with E-state index in [1.54, 1.807) is 16.2 Å². The summed E-state index contributed by atoms with van der Waals surface area (Å²) < 4.78 is 5.54. The van der Waals surface area contributed by atoms with Gasteiger partial charge in [0.2, 0.25) is 5.91 Å². The largest absolute Gasteiger partial charge is 0.368 e. The summed E-state index contributed by atoms with van der Waals surface area (Å²) in [6.45, 7) is 1.34. The average Bonchev–Trinajstić information content (AvgIpc) is 3.35. The van der Waals surface area contributed by atoms with Crippen molar-refractivity contribution < 1.29 is 14.3 Å². The fourth-order valence-electron chi connectivity index (χ4n) is 3.41. The van der Waals surface area contributed by atoms with Gasteiger partial charge in [0.05, 0.1) is 6.42 Å². The third kappa shape index (κ3) is 3.45. The van der Waals surface area contributed by atoms with Crippen LogP contribution in [0.5, 0.6) is 0 Å². The molecule has 2 aliphatic heterocycles. The summed E-state index contributed by atoms with van der Waals surface area (Å²) in [6.07, 6.45) is 2.63. The number of nitrogens with zero attached hydrogens (tertiary/aromatic N) is 1. The van der Waals surface area contributed by atoms with Gasteiger partial charge in [-0.05, 0) is 48.4 Å². The van der Waals surface area contributed by atoms with E-state index in [1.807, 2.05) is 35.7 Å². The highest BCUT2D eigenvalue weighted by atomic mass is 32.1. The van der Waals surface area contributed by atoms with Crippen molar-refractivity contribution in [3.8, 4) is 0 Å². The number of nitrogens with one attached hydrogen (secondary N) is 1. The van der Waals surface area contributed by atoms with Crippen LogP contribution in [0, 0.1) is 0 Å². The van der Waals surface area contributed by atoms with Crippen LogP contribution in [-0.4, -0.2) is 31.1 Å². The Hall–Kier alpha value is -2.18. The topological polar surface area (TPSA) is 58.6 Å². The Morgan fingerprint density at radius 3 is 3.00 bits per heavy atom. The van der Waals surface area contributed by atoms with E-state index in [-0.39, 0.29) is 17.9 Å². The standard InChI is InChI=1S/C19H20N2O3S/c22-18(12-15-3-2-10-25-15)20-14-6-5-13-7-8-21(16(13)11-14)19(23)17-4-1-9-24-17/h2-3,5-6,10-11,17H,1,4,7-9,12H2,(H,20,22)/t17-/m1/s1. The van der Waals surface area contributed by atoms with E-state index < -0.39 is 0 Å². The highest BCUT2D eigenvalue weighted by Crippen LogP contribution is 2.32. The van der Waals surface area contributed by atoms with Crippen LogP contribution in [0.3, 0.4) is 0 Å². The molecule has 130 valence electrons. The predicted molar refractivity (Wildman–Crippen MR) is 98.1 cm³/mol. The molecule has 4 rings (SSSR count). The maximum absolute atomic E-state index is 12.7. The zero-order valence-electron chi connectivity index (χ0n) is 13.9. The molecular weight excluding hydrogens is 336 g/mol. The average molecular weight is 356 g/mol. The number of carbonyl (C=O) groups excluding carboxylic acids is 2. The second-order valence-electron chi connectivity index (χ2n) is 6.39. The van der Waals surface area contributed by atoms with Gasteiger partial charge in [0.15, 0.2) is 0 Å². The Balaban J connectivity index is 1.48. The number of benzene rings is 1. The van der Waals surface area contributed by atoms with Crippen molar-refractivity contribution in [1.82, 2.24) is 0 Å². The lowest BCUT2D eigenvalue weighted by atomic mass is 10.1. The number of thiophene rings is 1. The van der Waals surface area contributed by atoms with E-state index in [0.717, 1.165) is 41.1 Å². The highest BCUT2D eigenvalue weighted by molar-refractivity contribution is 7.10. The molecule has 5 nitrogen and oxygen atoms in total. The van der Waals surface area contributed by atoms with Gasteiger partial charge in [0.1, 0.15) is 6.10 Å². The number of anilines is 2. The van der Waals surface area contributed by atoms with Crippen molar-refractivity contribution in [3.63, 3.8) is 0 Å². The first kappa shape index (κ1) is 16.3. The van der Waals surface area contributed by atoms with E-state index in [4.69, 9.17) is 4.74 Å². The normalized spacial score (nSPS) is 19.0. The fourth-order valence-corrected chi connectivity index (χ4v) is 4.11. The van der Waals surface area contributed by atoms with Crippen LogP contribution >= 0.6 is 11.3 Å². The monoisotopic (exact) mass is 356 g/mol. The van der Waals surface area contributed by atoms with Crippen LogP contribution in [-0.2, 0) is 27.2 Å². The summed E-state index contributed by atoms with van der Waals surface area (Å²) >= 11 is 1.57. The molecule has 1 fully saturated rings. The SMILES string of the molecule is O=C(Cc1cccs1)Nc1ccc2c(c1)N(C(=O)[C@H]1CCCO1)CC2. The molecule has 1 saturated heterocycles. The molecule has 0 unspecified atom stereocenters. The third-order valence-electron chi connectivity index (χ3n) is 4.65. The lowest BCUT2D eigenvalue weighted by molar-refractivity contribution is -0.127. The number of ether oxygens (including phenoxy) is 1. The summed E-state index contributed by atoms with van der Waals surface area (Å²) in [7, 11) is 0. The molecule has 2 aromatic rings. The highest BCUT2D eigenvalue weighted by Gasteiger charge is 2.32. The molecule has 0 spiro atoms. The molecule has 0 saturated carbocycles. The van der Waals surface area contributed by atoms with Crippen molar-refractivity contribution in [3.05, 3.63) is 46.2 Å².